The van der Waals surface area contributed by atoms with Gasteiger partial charge in [-0.05, 0) is 25.1 Å². The number of carbonyl (C=O) groups is 1. The molecular formula is C15H16F3N3O3. The molecule has 1 heterocycles. The zero-order valence-electron chi connectivity index (χ0n) is 13.1. The van der Waals surface area contributed by atoms with Crippen molar-refractivity contribution in [2.75, 3.05) is 19.0 Å². The minimum atomic E-state index is -4.52. The average molecular weight is 343 g/mol. The fourth-order valence-corrected chi connectivity index (χ4v) is 1.93. The molecule has 6 nitrogen and oxygen atoms in total. The van der Waals surface area contributed by atoms with Crippen LogP contribution in [0.5, 0.6) is 5.75 Å². The van der Waals surface area contributed by atoms with Gasteiger partial charge in [0.1, 0.15) is 17.7 Å². The first kappa shape index (κ1) is 17.6. The van der Waals surface area contributed by atoms with E-state index in [1.165, 1.54) is 24.3 Å². The third-order valence-electron chi connectivity index (χ3n) is 3.09. The monoisotopic (exact) mass is 343 g/mol. The van der Waals surface area contributed by atoms with E-state index in [-0.39, 0.29) is 24.6 Å². The largest absolute Gasteiger partial charge is 0.492 e. The van der Waals surface area contributed by atoms with E-state index in [9.17, 15) is 18.0 Å². The summed E-state index contributed by atoms with van der Waals surface area (Å²) in [5.41, 5.74) is -0.411. The lowest BCUT2D eigenvalue weighted by Crippen LogP contribution is -2.31. The van der Waals surface area contributed by atoms with Gasteiger partial charge in [-0.25, -0.2) is 4.79 Å². The number of hydrogen-bond donors (Lipinski definition) is 1. The van der Waals surface area contributed by atoms with Gasteiger partial charge in [0.15, 0.2) is 0 Å². The maximum Gasteiger partial charge on any atom is 0.416 e. The SMILES string of the molecule is CCOc1ccc(C(F)(F)F)cc1NC(=O)N(C)Cc1ccon1. The number of nitrogens with one attached hydrogen (secondary N) is 1. The molecule has 2 rings (SSSR count). The molecule has 2 aromatic rings. The predicted octanol–water partition coefficient (Wildman–Crippen LogP) is 3.76. The van der Waals surface area contributed by atoms with Crippen LogP contribution in [0.2, 0.25) is 0 Å². The van der Waals surface area contributed by atoms with Crippen LogP contribution in [0.25, 0.3) is 0 Å². The Kier molecular flexibility index (Phi) is 5.32. The van der Waals surface area contributed by atoms with E-state index < -0.39 is 17.8 Å². The van der Waals surface area contributed by atoms with Crippen LogP contribution in [-0.2, 0) is 12.7 Å². The van der Waals surface area contributed by atoms with Crippen molar-refractivity contribution in [3.8, 4) is 5.75 Å². The van der Waals surface area contributed by atoms with Crippen molar-refractivity contribution in [1.29, 1.82) is 0 Å². The molecule has 0 atom stereocenters. The first-order valence-corrected chi connectivity index (χ1v) is 7.06. The van der Waals surface area contributed by atoms with E-state index in [4.69, 9.17) is 4.74 Å². The van der Waals surface area contributed by atoms with Gasteiger partial charge >= 0.3 is 12.2 Å². The van der Waals surface area contributed by atoms with Crippen molar-refractivity contribution in [1.82, 2.24) is 10.1 Å². The van der Waals surface area contributed by atoms with Crippen LogP contribution in [0.15, 0.2) is 35.1 Å². The molecule has 1 N–H and O–H groups in total. The summed E-state index contributed by atoms with van der Waals surface area (Å²) in [6, 6.07) is 3.91. The van der Waals surface area contributed by atoms with Crippen molar-refractivity contribution in [3.05, 3.63) is 41.8 Å². The summed E-state index contributed by atoms with van der Waals surface area (Å²) in [5.74, 6) is 0.161. The zero-order chi connectivity index (χ0) is 17.7. The lowest BCUT2D eigenvalue weighted by molar-refractivity contribution is -0.137. The van der Waals surface area contributed by atoms with E-state index in [0.717, 1.165) is 12.1 Å². The second-order valence-electron chi connectivity index (χ2n) is 4.92. The smallest absolute Gasteiger partial charge is 0.416 e. The molecule has 9 heteroatoms. The predicted molar refractivity (Wildman–Crippen MR) is 79.6 cm³/mol. The Morgan fingerprint density at radius 2 is 2.12 bits per heavy atom. The summed E-state index contributed by atoms with van der Waals surface area (Å²) < 4.78 is 48.5. The normalized spacial score (nSPS) is 11.2. The summed E-state index contributed by atoms with van der Waals surface area (Å²) in [6.07, 6.45) is -3.15. The molecule has 0 spiro atoms. The van der Waals surface area contributed by atoms with Crippen LogP contribution in [0.1, 0.15) is 18.2 Å². The van der Waals surface area contributed by atoms with Crippen molar-refractivity contribution in [3.63, 3.8) is 0 Å². The molecule has 24 heavy (non-hydrogen) atoms. The highest BCUT2D eigenvalue weighted by Gasteiger charge is 2.31. The number of urea groups is 1. The summed E-state index contributed by atoms with van der Waals surface area (Å²) in [6.45, 7) is 2.09. The number of rotatable bonds is 5. The minimum Gasteiger partial charge on any atom is -0.492 e. The van der Waals surface area contributed by atoms with Crippen LogP contribution in [0.3, 0.4) is 0 Å². The lowest BCUT2D eigenvalue weighted by Gasteiger charge is -2.19. The molecule has 0 radical (unpaired) electrons. The van der Waals surface area contributed by atoms with Crippen LogP contribution >= 0.6 is 0 Å². The van der Waals surface area contributed by atoms with Crippen LogP contribution in [0.4, 0.5) is 23.7 Å². The van der Waals surface area contributed by atoms with Gasteiger partial charge in [0.05, 0.1) is 24.4 Å². The van der Waals surface area contributed by atoms with Gasteiger partial charge < -0.3 is 19.5 Å². The third-order valence-corrected chi connectivity index (χ3v) is 3.09. The Labute approximate surface area is 136 Å². The molecule has 0 bridgehead atoms. The molecule has 2 amide bonds. The third kappa shape index (κ3) is 4.40. The van der Waals surface area contributed by atoms with Gasteiger partial charge in [-0.2, -0.15) is 13.2 Å². The molecule has 1 aromatic carbocycles. The first-order chi connectivity index (χ1) is 11.3. The Hall–Kier alpha value is -2.71. The molecule has 0 unspecified atom stereocenters. The molecule has 130 valence electrons. The molecule has 0 saturated carbocycles. The second-order valence-corrected chi connectivity index (χ2v) is 4.92. The number of nitrogens with zero attached hydrogens (tertiary/aromatic N) is 2. The number of carbonyl (C=O) groups excluding carboxylic acids is 1. The molecule has 0 aliphatic heterocycles. The molecule has 0 aliphatic rings. The minimum absolute atomic E-state index is 0.0522. The maximum atomic E-state index is 12.9. The van der Waals surface area contributed by atoms with Gasteiger partial charge in [0.2, 0.25) is 0 Å². The number of alkyl halides is 3. The highest BCUT2D eigenvalue weighted by Crippen LogP contribution is 2.35. The van der Waals surface area contributed by atoms with Crippen molar-refractivity contribution in [2.45, 2.75) is 19.6 Å². The van der Waals surface area contributed by atoms with Crippen molar-refractivity contribution in [2.24, 2.45) is 0 Å². The van der Waals surface area contributed by atoms with Gasteiger partial charge in [-0.1, -0.05) is 5.16 Å². The Morgan fingerprint density at radius 1 is 1.38 bits per heavy atom. The van der Waals surface area contributed by atoms with Crippen molar-refractivity contribution >= 4 is 11.7 Å². The first-order valence-electron chi connectivity index (χ1n) is 7.06. The lowest BCUT2D eigenvalue weighted by atomic mass is 10.2. The highest BCUT2D eigenvalue weighted by atomic mass is 19.4. The zero-order valence-corrected chi connectivity index (χ0v) is 13.1. The fourth-order valence-electron chi connectivity index (χ4n) is 1.93. The standard InChI is InChI=1S/C15H16F3N3O3/c1-3-23-13-5-4-10(15(16,17)18)8-12(13)19-14(22)21(2)9-11-6-7-24-20-11/h4-8H,3,9H2,1-2H3,(H,19,22). The maximum absolute atomic E-state index is 12.9. The number of aromatic nitrogens is 1. The molecule has 0 fully saturated rings. The Balaban J connectivity index is 2.17. The van der Waals surface area contributed by atoms with E-state index in [1.54, 1.807) is 13.0 Å². The quantitative estimate of drug-likeness (QED) is 0.898. The molecule has 1 aromatic heterocycles. The van der Waals surface area contributed by atoms with Gasteiger partial charge in [-0.15, -0.1) is 0 Å². The summed E-state index contributed by atoms with van der Waals surface area (Å²) in [4.78, 5) is 13.4. The number of hydrogen-bond acceptors (Lipinski definition) is 4. The van der Waals surface area contributed by atoms with E-state index in [1.807, 2.05) is 0 Å². The van der Waals surface area contributed by atoms with E-state index in [0.29, 0.717) is 5.69 Å². The van der Waals surface area contributed by atoms with Crippen LogP contribution < -0.4 is 10.1 Å². The Bertz CT molecular complexity index is 687. The number of anilines is 1. The molecule has 0 aliphatic carbocycles. The van der Waals surface area contributed by atoms with Crippen LogP contribution in [0, 0.1) is 0 Å². The van der Waals surface area contributed by atoms with E-state index >= 15 is 0 Å². The second kappa shape index (κ2) is 7.24. The van der Waals surface area contributed by atoms with Gasteiger partial charge in [-0.3, -0.25) is 0 Å². The molecule has 0 saturated heterocycles. The van der Waals surface area contributed by atoms with Gasteiger partial charge in [0, 0.05) is 13.1 Å². The number of amides is 2. The summed E-state index contributed by atoms with van der Waals surface area (Å²) in [7, 11) is 1.48. The number of halogens is 3. The number of benzene rings is 1. The summed E-state index contributed by atoms with van der Waals surface area (Å²) in [5, 5.41) is 6.09. The fraction of sp³-hybridized carbons (Fsp3) is 0.333. The summed E-state index contributed by atoms with van der Waals surface area (Å²) >= 11 is 0. The average Bonchev–Trinajstić information content (AvgIpc) is 3.01. The highest BCUT2D eigenvalue weighted by molar-refractivity contribution is 5.91. The van der Waals surface area contributed by atoms with Gasteiger partial charge in [0.25, 0.3) is 0 Å². The van der Waals surface area contributed by atoms with Crippen LogP contribution in [-0.4, -0.2) is 29.7 Å². The molecular weight excluding hydrogens is 327 g/mol. The Morgan fingerprint density at radius 3 is 2.71 bits per heavy atom. The van der Waals surface area contributed by atoms with E-state index in [2.05, 4.69) is 15.0 Å². The van der Waals surface area contributed by atoms with Crippen molar-refractivity contribution < 1.29 is 27.2 Å². The topological polar surface area (TPSA) is 67.6 Å². The number of ether oxygens (including phenoxy) is 1.